The molecule has 0 atom stereocenters. The highest BCUT2D eigenvalue weighted by Crippen LogP contribution is 2.37. The van der Waals surface area contributed by atoms with E-state index in [9.17, 15) is 4.79 Å². The van der Waals surface area contributed by atoms with E-state index in [-0.39, 0.29) is 18.3 Å². The summed E-state index contributed by atoms with van der Waals surface area (Å²) < 4.78 is 16.6. The van der Waals surface area contributed by atoms with Gasteiger partial charge in [-0.3, -0.25) is 4.79 Å². The summed E-state index contributed by atoms with van der Waals surface area (Å²) in [5.41, 5.74) is 2.62. The molecule has 0 aliphatic carbocycles. The summed E-state index contributed by atoms with van der Waals surface area (Å²) in [5.74, 6) is 2.04. The van der Waals surface area contributed by atoms with Crippen LogP contribution in [0.2, 0.25) is 0 Å². The predicted octanol–water partition coefficient (Wildman–Crippen LogP) is 4.39. The van der Waals surface area contributed by atoms with Gasteiger partial charge in [0.1, 0.15) is 22.2 Å². The van der Waals surface area contributed by atoms with Gasteiger partial charge in [0.2, 0.25) is 0 Å². The Morgan fingerprint density at radius 3 is 2.48 bits per heavy atom. The highest BCUT2D eigenvalue weighted by molar-refractivity contribution is 7.17. The number of benzene rings is 2. The van der Waals surface area contributed by atoms with Crippen molar-refractivity contribution in [2.75, 3.05) is 52.9 Å². The quantitative estimate of drug-likeness (QED) is 0.467. The Labute approximate surface area is 204 Å². The summed E-state index contributed by atoms with van der Waals surface area (Å²) in [6, 6.07) is 13.4. The van der Waals surface area contributed by atoms with E-state index in [1.165, 1.54) is 11.3 Å². The molecule has 0 saturated carbocycles. The molecule has 0 bridgehead atoms. The molecule has 7 nitrogen and oxygen atoms in total. The van der Waals surface area contributed by atoms with E-state index in [1.54, 1.807) is 19.1 Å². The third-order valence-electron chi connectivity index (χ3n) is 5.30. The highest BCUT2D eigenvalue weighted by atomic mass is 35.5. The minimum absolute atomic E-state index is 0. The van der Waals surface area contributed by atoms with Crippen molar-refractivity contribution in [3.63, 3.8) is 0 Å². The number of aromatic nitrogens is 1. The molecule has 176 valence electrons. The van der Waals surface area contributed by atoms with Gasteiger partial charge in [-0.15, -0.1) is 23.7 Å². The smallest absolute Gasteiger partial charge is 0.270 e. The van der Waals surface area contributed by atoms with E-state index in [2.05, 4.69) is 4.90 Å². The van der Waals surface area contributed by atoms with Crippen molar-refractivity contribution in [2.45, 2.75) is 6.42 Å². The SMILES string of the molecule is COc1ccc(-c2nc3c(s2)C(=O)N(c2ccc(OCCN(C)C)c(OC)c2)CC3)cc1.Cl. The van der Waals surface area contributed by atoms with Crippen LogP contribution in [0.1, 0.15) is 15.4 Å². The number of nitrogens with zero attached hydrogens (tertiary/aromatic N) is 3. The molecule has 0 fully saturated rings. The van der Waals surface area contributed by atoms with Crippen LogP contribution in [0.4, 0.5) is 5.69 Å². The number of thiazole rings is 1. The maximum atomic E-state index is 13.3. The van der Waals surface area contributed by atoms with Crippen molar-refractivity contribution in [3.05, 3.63) is 53.0 Å². The van der Waals surface area contributed by atoms with Gasteiger partial charge in [0.05, 0.1) is 19.9 Å². The lowest BCUT2D eigenvalue weighted by molar-refractivity contribution is 0.0984. The van der Waals surface area contributed by atoms with Crippen LogP contribution in [0.3, 0.4) is 0 Å². The van der Waals surface area contributed by atoms with E-state index in [4.69, 9.17) is 19.2 Å². The van der Waals surface area contributed by atoms with Crippen molar-refractivity contribution >= 4 is 35.3 Å². The molecular formula is C24H28ClN3O4S. The number of likely N-dealkylation sites (N-methyl/N-ethyl adjacent to an activating group) is 1. The zero-order valence-electron chi connectivity index (χ0n) is 19.2. The van der Waals surface area contributed by atoms with Gasteiger partial charge in [-0.05, 0) is 50.5 Å². The van der Waals surface area contributed by atoms with Gasteiger partial charge in [0.25, 0.3) is 5.91 Å². The third kappa shape index (κ3) is 5.40. The minimum Gasteiger partial charge on any atom is -0.497 e. The van der Waals surface area contributed by atoms with Gasteiger partial charge in [0, 0.05) is 36.8 Å². The molecule has 2 heterocycles. The monoisotopic (exact) mass is 489 g/mol. The second-order valence-electron chi connectivity index (χ2n) is 7.72. The van der Waals surface area contributed by atoms with Crippen LogP contribution in [0.15, 0.2) is 42.5 Å². The van der Waals surface area contributed by atoms with Crippen molar-refractivity contribution < 1.29 is 19.0 Å². The molecule has 9 heteroatoms. The number of ether oxygens (including phenoxy) is 3. The first-order valence-corrected chi connectivity index (χ1v) is 11.2. The summed E-state index contributed by atoms with van der Waals surface area (Å²) in [5, 5.41) is 0.843. The average molecular weight is 490 g/mol. The molecule has 0 unspecified atom stereocenters. The number of anilines is 1. The van der Waals surface area contributed by atoms with Gasteiger partial charge in [-0.2, -0.15) is 0 Å². The van der Waals surface area contributed by atoms with E-state index >= 15 is 0 Å². The fourth-order valence-electron chi connectivity index (χ4n) is 3.52. The Bertz CT molecular complexity index is 1100. The first-order chi connectivity index (χ1) is 15.5. The van der Waals surface area contributed by atoms with Crippen LogP contribution < -0.4 is 19.1 Å². The van der Waals surface area contributed by atoms with E-state index in [0.29, 0.717) is 35.9 Å². The molecule has 3 aromatic rings. The lowest BCUT2D eigenvalue weighted by Crippen LogP contribution is -2.36. The molecule has 0 N–H and O–H groups in total. The van der Waals surface area contributed by atoms with Crippen molar-refractivity contribution in [1.29, 1.82) is 0 Å². The first kappa shape index (κ1) is 24.8. The molecule has 2 aromatic carbocycles. The van der Waals surface area contributed by atoms with Gasteiger partial charge >= 0.3 is 0 Å². The Morgan fingerprint density at radius 1 is 1.06 bits per heavy atom. The molecule has 4 rings (SSSR count). The van der Waals surface area contributed by atoms with E-state index in [1.807, 2.05) is 56.6 Å². The second kappa shape index (κ2) is 10.9. The van der Waals surface area contributed by atoms with Crippen molar-refractivity contribution in [3.8, 4) is 27.8 Å². The van der Waals surface area contributed by atoms with Crippen LogP contribution in [0.25, 0.3) is 10.6 Å². The first-order valence-electron chi connectivity index (χ1n) is 10.4. The molecule has 1 amide bonds. The summed E-state index contributed by atoms with van der Waals surface area (Å²) in [7, 11) is 7.25. The minimum atomic E-state index is -0.0353. The van der Waals surface area contributed by atoms with Gasteiger partial charge in [-0.25, -0.2) is 4.98 Å². The molecule has 33 heavy (non-hydrogen) atoms. The fourth-order valence-corrected chi connectivity index (χ4v) is 4.58. The van der Waals surface area contributed by atoms with Gasteiger partial charge < -0.3 is 24.0 Å². The average Bonchev–Trinajstić information content (AvgIpc) is 3.25. The Hall–Kier alpha value is -2.81. The third-order valence-corrected chi connectivity index (χ3v) is 6.44. The number of hydrogen-bond donors (Lipinski definition) is 0. The number of methoxy groups -OCH3 is 2. The van der Waals surface area contributed by atoms with Gasteiger partial charge in [0.15, 0.2) is 11.5 Å². The molecule has 1 aromatic heterocycles. The summed E-state index contributed by atoms with van der Waals surface area (Å²) in [4.78, 5) is 22.6. The number of carbonyl (C=O) groups is 1. The number of hydrogen-bond acceptors (Lipinski definition) is 7. The topological polar surface area (TPSA) is 64.1 Å². The van der Waals surface area contributed by atoms with Gasteiger partial charge in [-0.1, -0.05) is 0 Å². The summed E-state index contributed by atoms with van der Waals surface area (Å²) in [6.45, 7) is 1.94. The predicted molar refractivity (Wildman–Crippen MR) is 134 cm³/mol. The standard InChI is InChI=1S/C24H27N3O4S.ClH/c1-26(2)13-14-31-20-10-7-17(15-21(20)30-4)27-12-11-19-22(24(27)28)32-23(25-19)16-5-8-18(29-3)9-6-16;/h5-10,15H,11-14H2,1-4H3;1H. The molecule has 1 aliphatic rings. The molecule has 0 saturated heterocycles. The summed E-state index contributed by atoms with van der Waals surface area (Å²) in [6.07, 6.45) is 0.705. The second-order valence-corrected chi connectivity index (χ2v) is 8.72. The number of amides is 1. The number of rotatable bonds is 8. The Morgan fingerprint density at radius 2 is 1.82 bits per heavy atom. The zero-order chi connectivity index (χ0) is 22.7. The molecule has 0 spiro atoms. The van der Waals surface area contributed by atoms with Crippen molar-refractivity contribution in [2.24, 2.45) is 0 Å². The highest BCUT2D eigenvalue weighted by Gasteiger charge is 2.30. The van der Waals surface area contributed by atoms with Crippen LogP contribution in [-0.2, 0) is 6.42 Å². The normalized spacial score (nSPS) is 12.9. The maximum Gasteiger partial charge on any atom is 0.270 e. The molecule has 0 radical (unpaired) electrons. The summed E-state index contributed by atoms with van der Waals surface area (Å²) >= 11 is 1.43. The lowest BCUT2D eigenvalue weighted by Gasteiger charge is -2.26. The van der Waals surface area contributed by atoms with Crippen LogP contribution in [0.5, 0.6) is 17.2 Å². The van der Waals surface area contributed by atoms with E-state index in [0.717, 1.165) is 34.2 Å². The van der Waals surface area contributed by atoms with Crippen LogP contribution in [-0.4, -0.2) is 63.8 Å². The number of carbonyl (C=O) groups excluding carboxylic acids is 1. The Kier molecular flexibility index (Phi) is 8.18. The number of fused-ring (bicyclic) bond motifs is 1. The maximum absolute atomic E-state index is 13.3. The molecular weight excluding hydrogens is 462 g/mol. The van der Waals surface area contributed by atoms with Crippen LogP contribution >= 0.6 is 23.7 Å². The van der Waals surface area contributed by atoms with Crippen molar-refractivity contribution in [1.82, 2.24) is 9.88 Å². The lowest BCUT2D eigenvalue weighted by atomic mass is 10.1. The Balaban J connectivity index is 0.00000306. The van der Waals surface area contributed by atoms with Crippen LogP contribution in [0, 0.1) is 0 Å². The number of halogens is 1. The molecule has 1 aliphatic heterocycles. The fraction of sp³-hybridized carbons (Fsp3) is 0.333. The zero-order valence-corrected chi connectivity index (χ0v) is 20.8. The van der Waals surface area contributed by atoms with E-state index < -0.39 is 0 Å². The largest absolute Gasteiger partial charge is 0.497 e.